The van der Waals surface area contributed by atoms with Gasteiger partial charge in [-0.2, -0.15) is 9.57 Å². The van der Waals surface area contributed by atoms with Gasteiger partial charge >= 0.3 is 5.97 Å². The number of rotatable bonds is 4. The molecule has 0 radical (unpaired) electrons. The molecular weight excluding hydrogens is 292 g/mol. The van der Waals surface area contributed by atoms with Crippen LogP contribution in [0.4, 0.5) is 0 Å². The summed E-state index contributed by atoms with van der Waals surface area (Å²) in [6.07, 6.45) is 1.30. The molecule has 6 nitrogen and oxygen atoms in total. The van der Waals surface area contributed by atoms with Crippen LogP contribution in [0.3, 0.4) is 0 Å². The summed E-state index contributed by atoms with van der Waals surface area (Å²) in [6.45, 7) is 0.548. The van der Waals surface area contributed by atoms with E-state index in [0.717, 1.165) is 0 Å². The Labute approximate surface area is 123 Å². The Morgan fingerprint density at radius 3 is 2.81 bits per heavy atom. The number of hydrogen-bond acceptors (Lipinski definition) is 4. The predicted octanol–water partition coefficient (Wildman–Crippen LogP) is 1.43. The molecule has 1 fully saturated rings. The first-order valence-electron chi connectivity index (χ1n) is 6.66. The molecule has 1 saturated heterocycles. The number of carboxylic acid groups (broad SMARTS) is 1. The minimum atomic E-state index is -3.76. The molecule has 1 aliphatic rings. The summed E-state index contributed by atoms with van der Waals surface area (Å²) in [5.41, 5.74) is 0.109. The number of piperidine rings is 1. The highest BCUT2D eigenvalue weighted by Crippen LogP contribution is 2.26. The largest absolute Gasteiger partial charge is 0.481 e. The molecule has 7 heteroatoms. The van der Waals surface area contributed by atoms with Crippen molar-refractivity contribution >= 4 is 16.0 Å². The second kappa shape index (κ2) is 6.24. The molecule has 1 unspecified atom stereocenters. The molecule has 2 rings (SSSR count). The van der Waals surface area contributed by atoms with Gasteiger partial charge < -0.3 is 5.11 Å². The molecule has 1 heterocycles. The average Bonchev–Trinajstić information content (AvgIpc) is 2.46. The van der Waals surface area contributed by atoms with Crippen LogP contribution in [-0.4, -0.2) is 36.9 Å². The highest BCUT2D eigenvalue weighted by atomic mass is 32.2. The zero-order chi connectivity index (χ0) is 15.5. The van der Waals surface area contributed by atoms with Crippen LogP contribution in [-0.2, 0) is 14.8 Å². The fourth-order valence-electron chi connectivity index (χ4n) is 2.58. The molecule has 1 atom stereocenters. The van der Waals surface area contributed by atoms with Gasteiger partial charge in [0.05, 0.1) is 10.5 Å². The van der Waals surface area contributed by atoms with Gasteiger partial charge in [0.1, 0.15) is 6.07 Å². The lowest BCUT2D eigenvalue weighted by atomic mass is 9.96. The van der Waals surface area contributed by atoms with E-state index in [0.29, 0.717) is 19.4 Å². The van der Waals surface area contributed by atoms with Crippen LogP contribution >= 0.6 is 0 Å². The molecule has 1 aromatic rings. The van der Waals surface area contributed by atoms with Crippen molar-refractivity contribution in [2.75, 3.05) is 13.1 Å². The number of carboxylic acids is 1. The third kappa shape index (κ3) is 3.40. The van der Waals surface area contributed by atoms with Crippen LogP contribution in [0.15, 0.2) is 29.2 Å². The lowest BCUT2D eigenvalue weighted by molar-refractivity contribution is -0.138. The standard InChI is InChI=1S/C14H16N2O4S/c15-9-12-5-1-2-6-13(12)21(19,20)16-7-3-4-11(10-16)8-14(17)18/h1-2,5-6,11H,3-4,7-8,10H2,(H,17,18). The summed E-state index contributed by atoms with van der Waals surface area (Å²) in [6, 6.07) is 7.95. The number of hydrogen-bond donors (Lipinski definition) is 1. The predicted molar refractivity (Wildman–Crippen MR) is 74.9 cm³/mol. The van der Waals surface area contributed by atoms with E-state index in [1.165, 1.54) is 16.4 Å². The Hall–Kier alpha value is -1.91. The van der Waals surface area contributed by atoms with Gasteiger partial charge in [0.25, 0.3) is 0 Å². The van der Waals surface area contributed by atoms with Gasteiger partial charge in [-0.3, -0.25) is 4.79 Å². The Morgan fingerprint density at radius 2 is 2.14 bits per heavy atom. The lowest BCUT2D eigenvalue weighted by Crippen LogP contribution is -2.40. The highest BCUT2D eigenvalue weighted by Gasteiger charge is 2.32. The van der Waals surface area contributed by atoms with E-state index in [-0.39, 0.29) is 29.3 Å². The monoisotopic (exact) mass is 308 g/mol. The maximum Gasteiger partial charge on any atom is 0.303 e. The maximum absolute atomic E-state index is 12.6. The van der Waals surface area contributed by atoms with Gasteiger partial charge in [-0.1, -0.05) is 12.1 Å². The maximum atomic E-state index is 12.6. The van der Waals surface area contributed by atoms with Crippen molar-refractivity contribution in [2.24, 2.45) is 5.92 Å². The van der Waals surface area contributed by atoms with Crippen LogP contribution in [0.2, 0.25) is 0 Å². The smallest absolute Gasteiger partial charge is 0.303 e. The van der Waals surface area contributed by atoms with E-state index in [4.69, 9.17) is 10.4 Å². The second-order valence-electron chi connectivity index (χ2n) is 5.08. The Kier molecular flexibility index (Phi) is 4.60. The summed E-state index contributed by atoms with van der Waals surface area (Å²) >= 11 is 0. The van der Waals surface area contributed by atoms with E-state index < -0.39 is 16.0 Å². The van der Waals surface area contributed by atoms with Crippen molar-refractivity contribution in [1.82, 2.24) is 4.31 Å². The van der Waals surface area contributed by atoms with Crippen LogP contribution in [0.1, 0.15) is 24.8 Å². The number of nitriles is 1. The minimum Gasteiger partial charge on any atom is -0.481 e. The number of carbonyl (C=O) groups is 1. The van der Waals surface area contributed by atoms with Gasteiger partial charge in [-0.15, -0.1) is 0 Å². The Balaban J connectivity index is 2.27. The number of benzene rings is 1. The number of sulfonamides is 1. The fraction of sp³-hybridized carbons (Fsp3) is 0.429. The van der Waals surface area contributed by atoms with Crippen molar-refractivity contribution in [3.63, 3.8) is 0 Å². The summed E-state index contributed by atoms with van der Waals surface area (Å²) in [4.78, 5) is 10.8. The second-order valence-corrected chi connectivity index (χ2v) is 6.98. The quantitative estimate of drug-likeness (QED) is 0.907. The van der Waals surface area contributed by atoms with Gasteiger partial charge in [-0.05, 0) is 30.9 Å². The van der Waals surface area contributed by atoms with Crippen molar-refractivity contribution in [3.05, 3.63) is 29.8 Å². The van der Waals surface area contributed by atoms with Gasteiger partial charge in [-0.25, -0.2) is 8.42 Å². The molecule has 1 aliphatic heterocycles. The van der Waals surface area contributed by atoms with E-state index in [1.54, 1.807) is 12.1 Å². The van der Waals surface area contributed by atoms with E-state index in [9.17, 15) is 13.2 Å². The Morgan fingerprint density at radius 1 is 1.43 bits per heavy atom. The summed E-state index contributed by atoms with van der Waals surface area (Å²) in [5, 5.41) is 17.9. The fourth-order valence-corrected chi connectivity index (χ4v) is 4.28. The molecule has 112 valence electrons. The van der Waals surface area contributed by atoms with Crippen LogP contribution in [0.25, 0.3) is 0 Å². The topological polar surface area (TPSA) is 98.5 Å². The molecule has 0 aliphatic carbocycles. The van der Waals surface area contributed by atoms with Crippen molar-refractivity contribution < 1.29 is 18.3 Å². The van der Waals surface area contributed by atoms with Gasteiger partial charge in [0.2, 0.25) is 10.0 Å². The van der Waals surface area contributed by atoms with Crippen molar-refractivity contribution in [3.8, 4) is 6.07 Å². The van der Waals surface area contributed by atoms with E-state index >= 15 is 0 Å². The van der Waals surface area contributed by atoms with Crippen LogP contribution in [0.5, 0.6) is 0 Å². The summed E-state index contributed by atoms with van der Waals surface area (Å²) in [5.74, 6) is -1.10. The molecule has 1 N–H and O–H groups in total. The number of nitrogens with zero attached hydrogens (tertiary/aromatic N) is 2. The SMILES string of the molecule is N#Cc1ccccc1S(=O)(=O)N1CCCC(CC(=O)O)C1. The highest BCUT2D eigenvalue weighted by molar-refractivity contribution is 7.89. The lowest BCUT2D eigenvalue weighted by Gasteiger charge is -2.31. The summed E-state index contributed by atoms with van der Waals surface area (Å²) < 4.78 is 26.5. The Bertz CT molecular complexity index is 678. The molecule has 0 saturated carbocycles. The number of aliphatic carboxylic acids is 1. The average molecular weight is 308 g/mol. The van der Waals surface area contributed by atoms with Crippen molar-refractivity contribution in [1.29, 1.82) is 5.26 Å². The zero-order valence-electron chi connectivity index (χ0n) is 11.4. The third-order valence-electron chi connectivity index (χ3n) is 3.57. The van der Waals surface area contributed by atoms with Crippen LogP contribution < -0.4 is 0 Å². The van der Waals surface area contributed by atoms with Crippen molar-refractivity contribution in [2.45, 2.75) is 24.2 Å². The summed E-state index contributed by atoms with van der Waals surface area (Å²) in [7, 11) is -3.76. The first kappa shape index (κ1) is 15.5. The van der Waals surface area contributed by atoms with Gasteiger partial charge in [0, 0.05) is 19.5 Å². The zero-order valence-corrected chi connectivity index (χ0v) is 12.2. The molecule has 0 aromatic heterocycles. The third-order valence-corrected chi connectivity index (χ3v) is 5.49. The van der Waals surface area contributed by atoms with E-state index in [1.807, 2.05) is 6.07 Å². The minimum absolute atomic E-state index is 0.0107. The molecule has 21 heavy (non-hydrogen) atoms. The molecule has 0 bridgehead atoms. The molecule has 0 amide bonds. The van der Waals surface area contributed by atoms with E-state index in [2.05, 4.69) is 0 Å². The first-order chi connectivity index (χ1) is 9.95. The molecular formula is C14H16N2O4S. The first-order valence-corrected chi connectivity index (χ1v) is 8.10. The van der Waals surface area contributed by atoms with Crippen LogP contribution in [0, 0.1) is 17.2 Å². The molecule has 0 spiro atoms. The van der Waals surface area contributed by atoms with Gasteiger partial charge in [0.15, 0.2) is 0 Å². The normalized spacial score (nSPS) is 19.9. The molecule has 1 aromatic carbocycles.